The van der Waals surface area contributed by atoms with E-state index < -0.39 is 16.1 Å². The number of nitrogens with one attached hydrogen (secondary N) is 2. The Balaban J connectivity index is 2.22. The van der Waals surface area contributed by atoms with Crippen LogP contribution < -0.4 is 10.0 Å². The van der Waals surface area contributed by atoms with E-state index in [2.05, 4.69) is 15.4 Å². The molecule has 0 fully saturated rings. The highest BCUT2D eigenvalue weighted by Gasteiger charge is 2.27. The number of rotatable bonds is 3. The number of halogens is 1. The van der Waals surface area contributed by atoms with E-state index in [1.54, 1.807) is 19.9 Å². The second-order valence-electron chi connectivity index (χ2n) is 5.06. The van der Waals surface area contributed by atoms with Crippen LogP contribution in [0.25, 0.3) is 0 Å². The van der Waals surface area contributed by atoms with E-state index in [1.807, 2.05) is 17.7 Å². The minimum atomic E-state index is -4.16. The summed E-state index contributed by atoms with van der Waals surface area (Å²) in [6.45, 7) is 5.18. The molecule has 124 valence electrons. The molecule has 0 atom stereocenters. The van der Waals surface area contributed by atoms with Crippen LogP contribution in [-0.2, 0) is 17.1 Å². The zero-order chi connectivity index (χ0) is 17.4. The van der Waals surface area contributed by atoms with Gasteiger partial charge in [-0.05, 0) is 38.5 Å². The lowest BCUT2D eigenvalue weighted by Crippen LogP contribution is -2.35. The first-order valence-corrected chi connectivity index (χ1v) is 8.44. The first-order valence-electron chi connectivity index (χ1n) is 6.58. The highest BCUT2D eigenvalue weighted by Crippen LogP contribution is 2.23. The van der Waals surface area contributed by atoms with Crippen LogP contribution in [0.5, 0.6) is 0 Å². The minimum absolute atomic E-state index is 0.0303. The Morgan fingerprint density at radius 1 is 1.26 bits per heavy atom. The summed E-state index contributed by atoms with van der Waals surface area (Å²) in [6, 6.07) is 2.52. The maximum absolute atomic E-state index is 12.3. The van der Waals surface area contributed by atoms with E-state index in [4.69, 9.17) is 11.6 Å². The number of pyridine rings is 1. The second kappa shape index (κ2) is 6.17. The van der Waals surface area contributed by atoms with E-state index in [-0.39, 0.29) is 15.9 Å². The Labute approximate surface area is 138 Å². The Kier molecular flexibility index (Phi) is 4.62. The van der Waals surface area contributed by atoms with Crippen molar-refractivity contribution in [2.45, 2.75) is 25.8 Å². The fourth-order valence-electron chi connectivity index (χ4n) is 2.12. The summed E-state index contributed by atoms with van der Waals surface area (Å²) in [5, 5.41) is 5.99. The van der Waals surface area contributed by atoms with Gasteiger partial charge in [-0.2, -0.15) is 13.5 Å². The second-order valence-corrected chi connectivity index (χ2v) is 7.03. The van der Waals surface area contributed by atoms with Crippen LogP contribution in [-0.4, -0.2) is 29.2 Å². The van der Waals surface area contributed by atoms with Gasteiger partial charge in [0.05, 0.1) is 5.69 Å². The molecule has 2 rings (SSSR count). The quantitative estimate of drug-likeness (QED) is 0.872. The summed E-state index contributed by atoms with van der Waals surface area (Å²) in [7, 11) is -2.73. The number of amides is 2. The predicted molar refractivity (Wildman–Crippen MR) is 86.0 cm³/mol. The maximum Gasteiger partial charge on any atom is 0.334 e. The highest BCUT2D eigenvalue weighted by molar-refractivity contribution is 7.90. The fourth-order valence-corrected chi connectivity index (χ4v) is 3.75. The lowest BCUT2D eigenvalue weighted by Gasteiger charge is -2.09. The molecule has 2 aromatic rings. The Morgan fingerprint density at radius 3 is 2.43 bits per heavy atom. The summed E-state index contributed by atoms with van der Waals surface area (Å²) in [5.41, 5.74) is 1.94. The number of carbonyl (C=O) groups excluding carboxylic acids is 1. The monoisotopic (exact) mass is 357 g/mol. The summed E-state index contributed by atoms with van der Waals surface area (Å²) < 4.78 is 27.6. The van der Waals surface area contributed by atoms with Crippen LogP contribution >= 0.6 is 11.6 Å². The first kappa shape index (κ1) is 17.2. The molecule has 0 unspecified atom stereocenters. The van der Waals surface area contributed by atoms with Crippen molar-refractivity contribution in [1.29, 1.82) is 0 Å². The van der Waals surface area contributed by atoms with Gasteiger partial charge in [0.1, 0.15) is 10.8 Å². The Hall–Kier alpha value is -2.13. The molecule has 2 aromatic heterocycles. The van der Waals surface area contributed by atoms with Crippen molar-refractivity contribution < 1.29 is 13.2 Å². The largest absolute Gasteiger partial charge is 0.334 e. The molecule has 0 aliphatic heterocycles. The molecular formula is C13H16ClN5O3S. The van der Waals surface area contributed by atoms with Crippen molar-refractivity contribution in [3.63, 3.8) is 0 Å². The average molecular weight is 358 g/mol. The van der Waals surface area contributed by atoms with Crippen LogP contribution in [0.15, 0.2) is 17.2 Å². The molecule has 2 N–H and O–H groups in total. The molecule has 0 aliphatic carbocycles. The normalized spacial score (nSPS) is 11.3. The van der Waals surface area contributed by atoms with Crippen molar-refractivity contribution in [3.8, 4) is 0 Å². The Bertz CT molecular complexity index is 856. The van der Waals surface area contributed by atoms with E-state index in [9.17, 15) is 13.2 Å². The molecule has 0 bridgehead atoms. The number of urea groups is 1. The van der Waals surface area contributed by atoms with Crippen molar-refractivity contribution in [3.05, 3.63) is 34.1 Å². The van der Waals surface area contributed by atoms with Gasteiger partial charge in [-0.1, -0.05) is 11.6 Å². The number of nitrogens with zero attached hydrogens (tertiary/aromatic N) is 3. The minimum Gasteiger partial charge on any atom is -0.292 e. The van der Waals surface area contributed by atoms with Crippen LogP contribution in [0.4, 0.5) is 10.6 Å². The number of aryl methyl sites for hydroxylation is 4. The number of hydrogen-bond donors (Lipinski definition) is 2. The van der Waals surface area contributed by atoms with Gasteiger partial charge in [-0.25, -0.2) is 14.5 Å². The maximum atomic E-state index is 12.3. The van der Waals surface area contributed by atoms with Crippen LogP contribution in [0.2, 0.25) is 5.02 Å². The fraction of sp³-hybridized carbons (Fsp3) is 0.308. The number of carbonyl (C=O) groups is 1. The zero-order valence-electron chi connectivity index (χ0n) is 13.0. The summed E-state index contributed by atoms with van der Waals surface area (Å²) >= 11 is 5.94. The third-order valence-corrected chi connectivity index (χ3v) is 4.92. The molecule has 23 heavy (non-hydrogen) atoms. The molecule has 2 heterocycles. The van der Waals surface area contributed by atoms with Crippen molar-refractivity contribution in [2.75, 3.05) is 5.32 Å². The zero-order valence-corrected chi connectivity index (χ0v) is 14.6. The van der Waals surface area contributed by atoms with Gasteiger partial charge in [0.2, 0.25) is 0 Å². The van der Waals surface area contributed by atoms with Crippen molar-refractivity contribution in [1.82, 2.24) is 19.5 Å². The third kappa shape index (κ3) is 3.80. The van der Waals surface area contributed by atoms with Crippen molar-refractivity contribution in [2.24, 2.45) is 7.05 Å². The standard InChI is InChI=1S/C13H16ClN5O3S/c1-7-5-8(2)15-10(6-7)16-13(20)18-23(21,22)12-11(14)9(3)17-19(12)4/h5-6H,1-4H3,(H2,15,16,18,20). The van der Waals surface area contributed by atoms with E-state index in [0.717, 1.165) is 10.2 Å². The SMILES string of the molecule is Cc1cc(C)nc(NC(=O)NS(=O)(=O)c2c(Cl)c(C)nn2C)c1. The molecule has 0 saturated carbocycles. The predicted octanol–water partition coefficient (Wildman–Crippen LogP) is 1.90. The molecule has 0 saturated heterocycles. The third-order valence-electron chi connectivity index (χ3n) is 2.92. The van der Waals surface area contributed by atoms with Gasteiger partial charge in [-0.15, -0.1) is 0 Å². The lowest BCUT2D eigenvalue weighted by atomic mass is 10.2. The van der Waals surface area contributed by atoms with Gasteiger partial charge in [0.15, 0.2) is 5.03 Å². The van der Waals surface area contributed by atoms with E-state index >= 15 is 0 Å². The van der Waals surface area contributed by atoms with Crippen LogP contribution in [0.3, 0.4) is 0 Å². The molecular weight excluding hydrogens is 342 g/mol. The molecule has 0 aromatic carbocycles. The summed E-state index contributed by atoms with van der Waals surface area (Å²) in [5.74, 6) is 0.252. The number of hydrogen-bond acceptors (Lipinski definition) is 5. The number of aromatic nitrogens is 3. The topological polar surface area (TPSA) is 106 Å². The van der Waals surface area contributed by atoms with Gasteiger partial charge < -0.3 is 0 Å². The number of sulfonamides is 1. The Morgan fingerprint density at radius 2 is 1.91 bits per heavy atom. The van der Waals surface area contributed by atoms with E-state index in [1.165, 1.54) is 7.05 Å². The highest BCUT2D eigenvalue weighted by atomic mass is 35.5. The van der Waals surface area contributed by atoms with Gasteiger partial charge in [-0.3, -0.25) is 10.00 Å². The molecule has 10 heteroatoms. The van der Waals surface area contributed by atoms with Crippen molar-refractivity contribution >= 4 is 33.5 Å². The number of anilines is 1. The molecule has 0 aliphatic rings. The van der Waals surface area contributed by atoms with E-state index in [0.29, 0.717) is 11.4 Å². The summed E-state index contributed by atoms with van der Waals surface area (Å²) in [6.07, 6.45) is 0. The van der Waals surface area contributed by atoms with Gasteiger partial charge in [0.25, 0.3) is 10.0 Å². The molecule has 2 amide bonds. The first-order chi connectivity index (χ1) is 10.6. The average Bonchev–Trinajstić information content (AvgIpc) is 2.60. The van der Waals surface area contributed by atoms with Gasteiger partial charge >= 0.3 is 6.03 Å². The summed E-state index contributed by atoms with van der Waals surface area (Å²) in [4.78, 5) is 16.0. The smallest absolute Gasteiger partial charge is 0.292 e. The molecule has 0 spiro atoms. The lowest BCUT2D eigenvalue weighted by molar-refractivity contribution is 0.256. The molecule has 8 nitrogen and oxygen atoms in total. The van der Waals surface area contributed by atoms with Gasteiger partial charge in [0, 0.05) is 12.7 Å². The molecule has 0 radical (unpaired) electrons. The van der Waals surface area contributed by atoms with Crippen LogP contribution in [0.1, 0.15) is 17.0 Å². The van der Waals surface area contributed by atoms with Crippen LogP contribution in [0, 0.1) is 20.8 Å².